The quantitative estimate of drug-likeness (QED) is 0.581. The molecule has 1 heterocycles. The molecule has 0 aromatic heterocycles. The average molecular weight is 439 g/mol. The summed E-state index contributed by atoms with van der Waals surface area (Å²) in [4.78, 5) is 28.3. The molecule has 2 atom stereocenters. The van der Waals surface area contributed by atoms with Crippen LogP contribution in [0.25, 0.3) is 0 Å². The van der Waals surface area contributed by atoms with Crippen molar-refractivity contribution in [2.24, 2.45) is 0 Å². The third-order valence-electron chi connectivity index (χ3n) is 5.77. The van der Waals surface area contributed by atoms with Crippen LogP contribution in [-0.2, 0) is 27.3 Å². The molecule has 2 aromatic rings. The monoisotopic (exact) mass is 438 g/mol. The number of amides is 2. The molecule has 0 bridgehead atoms. The van der Waals surface area contributed by atoms with Crippen molar-refractivity contribution in [3.8, 4) is 5.75 Å². The smallest absolute Gasteiger partial charge is 0.243 e. The Kier molecular flexibility index (Phi) is 9.11. The largest absolute Gasteiger partial charge is 0.497 e. The van der Waals surface area contributed by atoms with Crippen molar-refractivity contribution >= 4 is 11.8 Å². The molecule has 3 rings (SSSR count). The highest BCUT2D eigenvalue weighted by molar-refractivity contribution is 5.88. The molecule has 6 heteroatoms. The first-order valence-electron chi connectivity index (χ1n) is 11.5. The Hall–Kier alpha value is -2.86. The van der Waals surface area contributed by atoms with Gasteiger partial charge in [-0.2, -0.15) is 0 Å². The van der Waals surface area contributed by atoms with Gasteiger partial charge in [-0.3, -0.25) is 9.59 Å². The molecule has 0 aliphatic carbocycles. The van der Waals surface area contributed by atoms with Crippen LogP contribution in [0.1, 0.15) is 43.7 Å². The lowest BCUT2D eigenvalue weighted by atomic mass is 10.0. The van der Waals surface area contributed by atoms with Gasteiger partial charge in [0.05, 0.1) is 13.2 Å². The van der Waals surface area contributed by atoms with Gasteiger partial charge in [-0.15, -0.1) is 0 Å². The van der Waals surface area contributed by atoms with E-state index in [1.54, 1.807) is 12.0 Å². The number of rotatable bonds is 11. The number of ether oxygens (including phenoxy) is 2. The van der Waals surface area contributed by atoms with E-state index in [-0.39, 0.29) is 17.9 Å². The number of carbonyl (C=O) groups excluding carboxylic acids is 2. The highest BCUT2D eigenvalue weighted by atomic mass is 16.5. The molecule has 1 fully saturated rings. The van der Waals surface area contributed by atoms with E-state index in [9.17, 15) is 9.59 Å². The second-order valence-corrected chi connectivity index (χ2v) is 8.21. The fourth-order valence-corrected chi connectivity index (χ4v) is 3.98. The summed E-state index contributed by atoms with van der Waals surface area (Å²) >= 11 is 0. The van der Waals surface area contributed by atoms with E-state index in [0.717, 1.165) is 42.7 Å². The zero-order chi connectivity index (χ0) is 22.8. The predicted octanol–water partition coefficient (Wildman–Crippen LogP) is 3.73. The van der Waals surface area contributed by atoms with Gasteiger partial charge in [0.25, 0.3) is 0 Å². The van der Waals surface area contributed by atoms with Crippen LogP contribution in [0.2, 0.25) is 0 Å². The van der Waals surface area contributed by atoms with Crippen molar-refractivity contribution in [3.05, 3.63) is 65.7 Å². The Morgan fingerprint density at radius 2 is 1.88 bits per heavy atom. The third kappa shape index (κ3) is 6.82. The Labute approximate surface area is 190 Å². The Morgan fingerprint density at radius 3 is 2.50 bits per heavy atom. The van der Waals surface area contributed by atoms with E-state index in [0.29, 0.717) is 25.9 Å². The van der Waals surface area contributed by atoms with E-state index < -0.39 is 6.04 Å². The maximum absolute atomic E-state index is 13.4. The Balaban J connectivity index is 1.83. The summed E-state index contributed by atoms with van der Waals surface area (Å²) in [6, 6.07) is 16.9. The SMILES string of the molecule is CCCC(=O)N(Cc1ccc(OC)cc1)[C@@H](Cc1ccccc1)C(=O)NC[C@H]1CCCO1. The van der Waals surface area contributed by atoms with E-state index in [1.807, 2.05) is 61.5 Å². The van der Waals surface area contributed by atoms with Gasteiger partial charge in [-0.25, -0.2) is 0 Å². The van der Waals surface area contributed by atoms with Gasteiger partial charge in [0, 0.05) is 32.5 Å². The topological polar surface area (TPSA) is 67.9 Å². The summed E-state index contributed by atoms with van der Waals surface area (Å²) < 4.78 is 10.9. The van der Waals surface area contributed by atoms with E-state index in [2.05, 4.69) is 5.32 Å². The summed E-state index contributed by atoms with van der Waals surface area (Å²) in [5.41, 5.74) is 1.98. The van der Waals surface area contributed by atoms with E-state index in [4.69, 9.17) is 9.47 Å². The molecule has 2 amide bonds. The molecule has 0 spiro atoms. The van der Waals surface area contributed by atoms with Gasteiger partial charge in [-0.05, 0) is 42.5 Å². The molecule has 172 valence electrons. The minimum Gasteiger partial charge on any atom is -0.497 e. The van der Waals surface area contributed by atoms with Crippen molar-refractivity contribution in [1.82, 2.24) is 10.2 Å². The van der Waals surface area contributed by atoms with Gasteiger partial charge in [0.2, 0.25) is 11.8 Å². The fourth-order valence-electron chi connectivity index (χ4n) is 3.98. The van der Waals surface area contributed by atoms with Crippen LogP contribution in [0.3, 0.4) is 0 Å². The molecule has 1 saturated heterocycles. The zero-order valence-corrected chi connectivity index (χ0v) is 19.1. The van der Waals surface area contributed by atoms with Crippen LogP contribution < -0.4 is 10.1 Å². The lowest BCUT2D eigenvalue weighted by Crippen LogP contribution is -2.51. The summed E-state index contributed by atoms with van der Waals surface area (Å²) in [7, 11) is 1.63. The molecule has 0 radical (unpaired) electrons. The summed E-state index contributed by atoms with van der Waals surface area (Å²) in [6.07, 6.45) is 3.62. The van der Waals surface area contributed by atoms with Gasteiger partial charge < -0.3 is 19.7 Å². The standard InChI is InChI=1S/C26H34N2O4/c1-3-8-25(29)28(19-21-12-14-22(31-2)15-13-21)24(17-20-9-5-4-6-10-20)26(30)27-18-23-11-7-16-32-23/h4-6,9-10,12-15,23-24H,3,7-8,11,16-19H2,1-2H3,(H,27,30)/t23-,24+/m1/s1. The van der Waals surface area contributed by atoms with Crippen LogP contribution in [0.5, 0.6) is 5.75 Å². The first-order chi connectivity index (χ1) is 15.6. The Morgan fingerprint density at radius 1 is 1.12 bits per heavy atom. The van der Waals surface area contributed by atoms with Crippen molar-refractivity contribution in [2.45, 2.75) is 57.7 Å². The number of carbonyl (C=O) groups is 2. The van der Waals surface area contributed by atoms with Gasteiger partial charge >= 0.3 is 0 Å². The number of hydrogen-bond donors (Lipinski definition) is 1. The van der Waals surface area contributed by atoms with Crippen LogP contribution >= 0.6 is 0 Å². The second-order valence-electron chi connectivity index (χ2n) is 8.21. The maximum Gasteiger partial charge on any atom is 0.243 e. The van der Waals surface area contributed by atoms with Gasteiger partial charge in [0.1, 0.15) is 11.8 Å². The number of nitrogens with zero attached hydrogens (tertiary/aromatic N) is 1. The molecule has 1 aliphatic rings. The zero-order valence-electron chi connectivity index (χ0n) is 19.1. The number of benzene rings is 2. The lowest BCUT2D eigenvalue weighted by molar-refractivity contribution is -0.141. The fraction of sp³-hybridized carbons (Fsp3) is 0.462. The minimum atomic E-state index is -0.597. The predicted molar refractivity (Wildman–Crippen MR) is 124 cm³/mol. The average Bonchev–Trinajstić information content (AvgIpc) is 3.35. The minimum absolute atomic E-state index is 0.0171. The van der Waals surface area contributed by atoms with Gasteiger partial charge in [-0.1, -0.05) is 49.4 Å². The normalized spacial score (nSPS) is 16.4. The first kappa shape index (κ1) is 23.8. The number of nitrogens with one attached hydrogen (secondary N) is 1. The molecule has 1 aliphatic heterocycles. The molecule has 0 unspecified atom stereocenters. The summed E-state index contributed by atoms with van der Waals surface area (Å²) in [5.74, 6) is 0.606. The van der Waals surface area contributed by atoms with Gasteiger partial charge in [0.15, 0.2) is 0 Å². The van der Waals surface area contributed by atoms with Crippen molar-refractivity contribution < 1.29 is 19.1 Å². The second kappa shape index (κ2) is 12.2. The summed E-state index contributed by atoms with van der Waals surface area (Å²) in [6.45, 7) is 3.57. The molecular weight excluding hydrogens is 404 g/mol. The highest BCUT2D eigenvalue weighted by Crippen LogP contribution is 2.19. The molecule has 1 N–H and O–H groups in total. The molecule has 2 aromatic carbocycles. The third-order valence-corrected chi connectivity index (χ3v) is 5.77. The van der Waals surface area contributed by atoms with Crippen molar-refractivity contribution in [3.63, 3.8) is 0 Å². The van der Waals surface area contributed by atoms with Crippen LogP contribution in [-0.4, -0.2) is 49.1 Å². The van der Waals surface area contributed by atoms with Crippen LogP contribution in [0, 0.1) is 0 Å². The molecule has 0 saturated carbocycles. The maximum atomic E-state index is 13.4. The first-order valence-corrected chi connectivity index (χ1v) is 11.5. The summed E-state index contributed by atoms with van der Waals surface area (Å²) in [5, 5.41) is 3.05. The lowest BCUT2D eigenvalue weighted by Gasteiger charge is -2.32. The molecule has 6 nitrogen and oxygen atoms in total. The van der Waals surface area contributed by atoms with Crippen molar-refractivity contribution in [2.75, 3.05) is 20.3 Å². The van der Waals surface area contributed by atoms with Crippen LogP contribution in [0.15, 0.2) is 54.6 Å². The van der Waals surface area contributed by atoms with E-state index >= 15 is 0 Å². The number of methoxy groups -OCH3 is 1. The van der Waals surface area contributed by atoms with Crippen LogP contribution in [0.4, 0.5) is 0 Å². The number of hydrogen-bond acceptors (Lipinski definition) is 4. The molecular formula is C26H34N2O4. The molecule has 32 heavy (non-hydrogen) atoms. The highest BCUT2D eigenvalue weighted by Gasteiger charge is 2.30. The van der Waals surface area contributed by atoms with E-state index in [1.165, 1.54) is 0 Å². The van der Waals surface area contributed by atoms with Crippen molar-refractivity contribution in [1.29, 1.82) is 0 Å². The Bertz CT molecular complexity index is 848.